The van der Waals surface area contributed by atoms with E-state index in [0.29, 0.717) is 11.9 Å². The Balaban J connectivity index is 1.52. The first-order chi connectivity index (χ1) is 13.2. The van der Waals surface area contributed by atoms with Crippen LogP contribution in [0.2, 0.25) is 0 Å². The van der Waals surface area contributed by atoms with Gasteiger partial charge >= 0.3 is 0 Å². The summed E-state index contributed by atoms with van der Waals surface area (Å²) >= 11 is 0. The number of aromatic nitrogens is 1. The van der Waals surface area contributed by atoms with Crippen molar-refractivity contribution in [3.8, 4) is 23.0 Å². The van der Waals surface area contributed by atoms with Gasteiger partial charge in [-0.1, -0.05) is 6.42 Å². The number of hydrogen-bond acceptors (Lipinski definition) is 6. The number of rotatable bonds is 5. The van der Waals surface area contributed by atoms with Crippen LogP contribution in [0.15, 0.2) is 22.6 Å². The van der Waals surface area contributed by atoms with Crippen molar-refractivity contribution >= 4 is 0 Å². The second kappa shape index (κ2) is 7.90. The van der Waals surface area contributed by atoms with Crippen molar-refractivity contribution in [3.05, 3.63) is 29.7 Å². The molecule has 1 aromatic heterocycles. The van der Waals surface area contributed by atoms with E-state index in [9.17, 15) is 0 Å². The number of fused-ring (bicyclic) bond motifs is 1. The van der Waals surface area contributed by atoms with Crippen LogP contribution in [0.5, 0.6) is 11.5 Å². The zero-order valence-corrected chi connectivity index (χ0v) is 16.5. The van der Waals surface area contributed by atoms with Crippen LogP contribution in [-0.4, -0.2) is 61.2 Å². The lowest BCUT2D eigenvalue weighted by atomic mass is 9.99. The molecule has 2 saturated heterocycles. The second-order valence-electron chi connectivity index (χ2n) is 7.51. The van der Waals surface area contributed by atoms with Crippen molar-refractivity contribution in [2.45, 2.75) is 38.8 Å². The molecule has 27 heavy (non-hydrogen) atoms. The van der Waals surface area contributed by atoms with E-state index in [1.54, 1.807) is 14.2 Å². The van der Waals surface area contributed by atoms with Gasteiger partial charge in [-0.2, -0.15) is 0 Å². The molecule has 0 aliphatic carbocycles. The first-order valence-corrected chi connectivity index (χ1v) is 9.83. The molecule has 0 saturated carbocycles. The van der Waals surface area contributed by atoms with Crippen molar-refractivity contribution in [1.82, 2.24) is 14.8 Å². The highest BCUT2D eigenvalue weighted by molar-refractivity contribution is 5.65. The van der Waals surface area contributed by atoms with Gasteiger partial charge in [0.1, 0.15) is 17.3 Å². The van der Waals surface area contributed by atoms with E-state index in [2.05, 4.69) is 9.80 Å². The summed E-state index contributed by atoms with van der Waals surface area (Å²) in [5, 5.41) is 0. The number of methoxy groups -OCH3 is 2. The van der Waals surface area contributed by atoms with Crippen LogP contribution in [0.4, 0.5) is 0 Å². The van der Waals surface area contributed by atoms with Crippen LogP contribution in [0.3, 0.4) is 0 Å². The SMILES string of the molecule is COc1ccc(OC)c(-c2nc(CN3CCN4CCCC[C@@H]4C3)c(C)o2)c1. The van der Waals surface area contributed by atoms with E-state index < -0.39 is 0 Å². The predicted molar refractivity (Wildman–Crippen MR) is 104 cm³/mol. The van der Waals surface area contributed by atoms with Crippen LogP contribution in [0.1, 0.15) is 30.7 Å². The number of ether oxygens (including phenoxy) is 2. The van der Waals surface area contributed by atoms with Gasteiger partial charge in [-0.05, 0) is 44.5 Å². The van der Waals surface area contributed by atoms with Gasteiger partial charge in [0, 0.05) is 32.2 Å². The molecule has 0 unspecified atom stereocenters. The number of piperidine rings is 1. The van der Waals surface area contributed by atoms with E-state index in [-0.39, 0.29) is 0 Å². The van der Waals surface area contributed by atoms with E-state index in [1.165, 1.54) is 25.8 Å². The van der Waals surface area contributed by atoms with Crippen LogP contribution in [-0.2, 0) is 6.54 Å². The van der Waals surface area contributed by atoms with Gasteiger partial charge in [0.15, 0.2) is 0 Å². The van der Waals surface area contributed by atoms with Crippen LogP contribution in [0, 0.1) is 6.92 Å². The summed E-state index contributed by atoms with van der Waals surface area (Å²) in [6, 6.07) is 6.38. The van der Waals surface area contributed by atoms with Crippen molar-refractivity contribution in [1.29, 1.82) is 0 Å². The van der Waals surface area contributed by atoms with Gasteiger partial charge < -0.3 is 13.9 Å². The predicted octanol–water partition coefficient (Wildman–Crippen LogP) is 3.34. The normalized spacial score (nSPS) is 21.1. The lowest BCUT2D eigenvalue weighted by molar-refractivity contribution is 0.0450. The Labute approximate surface area is 161 Å². The topological polar surface area (TPSA) is 51.0 Å². The molecule has 6 nitrogen and oxygen atoms in total. The third-order valence-corrected chi connectivity index (χ3v) is 5.82. The number of benzene rings is 1. The second-order valence-corrected chi connectivity index (χ2v) is 7.51. The fourth-order valence-corrected chi connectivity index (χ4v) is 4.25. The molecular formula is C21H29N3O3. The Morgan fingerprint density at radius 2 is 2.04 bits per heavy atom. The highest BCUT2D eigenvalue weighted by atomic mass is 16.5. The van der Waals surface area contributed by atoms with E-state index in [1.807, 2.05) is 25.1 Å². The molecule has 0 bridgehead atoms. The average molecular weight is 371 g/mol. The summed E-state index contributed by atoms with van der Waals surface area (Å²) in [6.07, 6.45) is 4.03. The molecule has 0 radical (unpaired) electrons. The zero-order valence-electron chi connectivity index (χ0n) is 16.5. The maximum absolute atomic E-state index is 6.01. The average Bonchev–Trinajstić information content (AvgIpc) is 3.07. The Bertz CT molecular complexity index is 789. The highest BCUT2D eigenvalue weighted by Crippen LogP contribution is 2.34. The molecule has 6 heteroatoms. The molecule has 146 valence electrons. The molecule has 2 aliphatic heterocycles. The number of hydrogen-bond donors (Lipinski definition) is 0. The summed E-state index contributed by atoms with van der Waals surface area (Å²) in [4.78, 5) is 9.98. The monoisotopic (exact) mass is 371 g/mol. The van der Waals surface area contributed by atoms with Gasteiger partial charge in [-0.15, -0.1) is 0 Å². The molecule has 3 heterocycles. The molecule has 2 aromatic rings. The maximum Gasteiger partial charge on any atom is 0.230 e. The van der Waals surface area contributed by atoms with Gasteiger partial charge in [-0.3, -0.25) is 9.80 Å². The van der Waals surface area contributed by atoms with Crippen molar-refractivity contribution in [3.63, 3.8) is 0 Å². The van der Waals surface area contributed by atoms with Crippen LogP contribution >= 0.6 is 0 Å². The summed E-state index contributed by atoms with van der Waals surface area (Å²) in [5.74, 6) is 2.96. The van der Waals surface area contributed by atoms with Gasteiger partial charge in [-0.25, -0.2) is 4.98 Å². The molecule has 2 fully saturated rings. The van der Waals surface area contributed by atoms with E-state index in [4.69, 9.17) is 18.9 Å². The molecule has 0 amide bonds. The summed E-state index contributed by atoms with van der Waals surface area (Å²) in [6.45, 7) is 7.49. The highest BCUT2D eigenvalue weighted by Gasteiger charge is 2.29. The molecule has 0 spiro atoms. The van der Waals surface area contributed by atoms with Crippen molar-refractivity contribution in [2.75, 3.05) is 40.4 Å². The number of nitrogens with zero attached hydrogens (tertiary/aromatic N) is 3. The smallest absolute Gasteiger partial charge is 0.230 e. The third-order valence-electron chi connectivity index (χ3n) is 5.82. The third kappa shape index (κ3) is 3.82. The summed E-state index contributed by atoms with van der Waals surface area (Å²) < 4.78 is 16.8. The molecule has 0 N–H and O–H groups in total. The molecule has 4 rings (SSSR count). The van der Waals surface area contributed by atoms with E-state index in [0.717, 1.165) is 54.7 Å². The van der Waals surface area contributed by atoms with Gasteiger partial charge in [0.2, 0.25) is 5.89 Å². The fourth-order valence-electron chi connectivity index (χ4n) is 4.25. The summed E-state index contributed by atoms with van der Waals surface area (Å²) in [5.41, 5.74) is 1.84. The molecule has 2 aliphatic rings. The standard InChI is InChI=1S/C21H29N3O3/c1-15-19(14-23-10-11-24-9-5-4-6-16(24)13-23)22-21(27-15)18-12-17(25-2)7-8-20(18)26-3/h7-8,12,16H,4-6,9-11,13-14H2,1-3H3/t16-/m1/s1. The first kappa shape index (κ1) is 18.3. The minimum Gasteiger partial charge on any atom is -0.497 e. The Morgan fingerprint density at radius 3 is 2.85 bits per heavy atom. The zero-order chi connectivity index (χ0) is 18.8. The minimum atomic E-state index is 0.592. The quantitative estimate of drug-likeness (QED) is 0.804. The number of oxazole rings is 1. The lowest BCUT2D eigenvalue weighted by Gasteiger charge is -2.43. The molecular weight excluding hydrogens is 342 g/mol. The Kier molecular flexibility index (Phi) is 5.36. The first-order valence-electron chi connectivity index (χ1n) is 9.83. The molecule has 1 atom stereocenters. The van der Waals surface area contributed by atoms with E-state index >= 15 is 0 Å². The maximum atomic E-state index is 6.01. The summed E-state index contributed by atoms with van der Waals surface area (Å²) in [7, 11) is 3.31. The van der Waals surface area contributed by atoms with Crippen LogP contribution in [0.25, 0.3) is 11.5 Å². The van der Waals surface area contributed by atoms with Gasteiger partial charge in [0.25, 0.3) is 0 Å². The largest absolute Gasteiger partial charge is 0.497 e. The van der Waals surface area contributed by atoms with Crippen molar-refractivity contribution in [2.24, 2.45) is 0 Å². The fraction of sp³-hybridized carbons (Fsp3) is 0.571. The lowest BCUT2D eigenvalue weighted by Crippen LogP contribution is -2.54. The Hall–Kier alpha value is -2.05. The van der Waals surface area contributed by atoms with Crippen LogP contribution < -0.4 is 9.47 Å². The minimum absolute atomic E-state index is 0.592. The number of aryl methyl sites for hydroxylation is 1. The van der Waals surface area contributed by atoms with Crippen molar-refractivity contribution < 1.29 is 13.9 Å². The number of piperazine rings is 1. The Morgan fingerprint density at radius 1 is 1.15 bits per heavy atom. The van der Waals surface area contributed by atoms with Gasteiger partial charge in [0.05, 0.1) is 25.5 Å². The molecule has 1 aromatic carbocycles.